The lowest BCUT2D eigenvalue weighted by Crippen LogP contribution is -2.25. The Hall–Kier alpha value is -2.67. The lowest BCUT2D eigenvalue weighted by molar-refractivity contribution is -0.671. The normalized spacial score (nSPS) is 11.1. The molecule has 0 aliphatic carbocycles. The van der Waals surface area contributed by atoms with E-state index in [0.29, 0.717) is 0 Å². The lowest BCUT2D eigenvalue weighted by atomic mass is 9.93. The minimum Gasteiger partial charge on any atom is -0.208 e. The highest BCUT2D eigenvalue weighted by molar-refractivity contribution is 6.02. The van der Waals surface area contributed by atoms with Crippen LogP contribution in [0.1, 0.15) is 11.1 Å². The molecule has 0 fully saturated rings. The molecule has 0 aliphatic rings. The predicted octanol–water partition coefficient (Wildman–Crippen LogP) is 4.41. The van der Waals surface area contributed by atoms with Crippen molar-refractivity contribution in [1.29, 1.82) is 0 Å². The molecule has 22 heavy (non-hydrogen) atoms. The molecule has 0 aliphatic heterocycles. The van der Waals surface area contributed by atoms with Crippen molar-refractivity contribution in [3.05, 3.63) is 90.3 Å². The molecule has 0 saturated carbocycles. The minimum absolute atomic E-state index is 0.961. The molecule has 1 heteroatoms. The summed E-state index contributed by atoms with van der Waals surface area (Å²) in [5.74, 6) is 0. The van der Waals surface area contributed by atoms with Crippen LogP contribution in [-0.4, -0.2) is 0 Å². The van der Waals surface area contributed by atoms with Crippen LogP contribution in [0.2, 0.25) is 0 Å². The van der Waals surface area contributed by atoms with Gasteiger partial charge in [-0.3, -0.25) is 0 Å². The van der Waals surface area contributed by atoms with E-state index in [-0.39, 0.29) is 0 Å². The standard InChI is InChI=1S/C21H18N/c1-22-12-10-16(11-13-22)14-21-19-8-4-2-6-17(19)15-18-7-3-5-9-20(18)21/h2-13,15H,14H2,1H3/q+1. The molecule has 4 rings (SSSR count). The summed E-state index contributed by atoms with van der Waals surface area (Å²) in [5.41, 5.74) is 2.77. The number of pyridine rings is 1. The number of hydrogen-bond donors (Lipinski definition) is 0. The Labute approximate surface area is 130 Å². The summed E-state index contributed by atoms with van der Waals surface area (Å²) in [6.07, 6.45) is 5.19. The first-order chi connectivity index (χ1) is 10.8. The summed E-state index contributed by atoms with van der Waals surface area (Å²) in [5, 5.41) is 5.35. The van der Waals surface area contributed by atoms with E-state index in [1.807, 2.05) is 0 Å². The molecule has 0 spiro atoms. The molecule has 0 unspecified atom stereocenters. The van der Waals surface area contributed by atoms with E-state index < -0.39 is 0 Å². The Balaban J connectivity index is 1.97. The zero-order chi connectivity index (χ0) is 14.9. The van der Waals surface area contributed by atoms with Crippen LogP contribution in [0.25, 0.3) is 21.5 Å². The maximum atomic E-state index is 2.29. The van der Waals surface area contributed by atoms with Gasteiger partial charge < -0.3 is 0 Å². The second-order valence-corrected chi connectivity index (χ2v) is 5.85. The molecule has 3 aromatic carbocycles. The van der Waals surface area contributed by atoms with Crippen LogP contribution in [0.4, 0.5) is 0 Å². The van der Waals surface area contributed by atoms with Crippen molar-refractivity contribution < 1.29 is 4.57 Å². The number of hydrogen-bond acceptors (Lipinski definition) is 0. The molecule has 0 N–H and O–H groups in total. The van der Waals surface area contributed by atoms with E-state index in [4.69, 9.17) is 0 Å². The van der Waals surface area contributed by atoms with Crippen molar-refractivity contribution >= 4 is 21.5 Å². The average Bonchev–Trinajstić information content (AvgIpc) is 2.56. The van der Waals surface area contributed by atoms with E-state index in [1.165, 1.54) is 32.7 Å². The fourth-order valence-electron chi connectivity index (χ4n) is 3.15. The monoisotopic (exact) mass is 284 g/mol. The first-order valence-corrected chi connectivity index (χ1v) is 7.65. The van der Waals surface area contributed by atoms with E-state index in [0.717, 1.165) is 6.42 Å². The average molecular weight is 284 g/mol. The van der Waals surface area contributed by atoms with E-state index in [2.05, 4.69) is 90.7 Å². The van der Waals surface area contributed by atoms with Gasteiger partial charge in [0.05, 0.1) is 0 Å². The lowest BCUT2D eigenvalue weighted by Gasteiger charge is -2.11. The largest absolute Gasteiger partial charge is 0.208 e. The van der Waals surface area contributed by atoms with Crippen molar-refractivity contribution in [1.82, 2.24) is 0 Å². The highest BCUT2D eigenvalue weighted by Crippen LogP contribution is 2.30. The van der Waals surface area contributed by atoms with Crippen LogP contribution in [0, 0.1) is 0 Å². The SMILES string of the molecule is C[n+]1ccc(Cc2c3ccccc3cc3ccccc23)cc1. The Morgan fingerprint density at radius 2 is 1.27 bits per heavy atom. The number of aromatic nitrogens is 1. The number of rotatable bonds is 2. The van der Waals surface area contributed by atoms with Gasteiger partial charge in [-0.15, -0.1) is 0 Å². The van der Waals surface area contributed by atoms with Gasteiger partial charge in [-0.25, -0.2) is 4.57 Å². The maximum absolute atomic E-state index is 2.29. The molecule has 1 nitrogen and oxygen atoms in total. The van der Waals surface area contributed by atoms with Crippen LogP contribution >= 0.6 is 0 Å². The summed E-state index contributed by atoms with van der Waals surface area (Å²) >= 11 is 0. The molecule has 0 atom stereocenters. The molecule has 1 heterocycles. The van der Waals surface area contributed by atoms with Crippen LogP contribution in [-0.2, 0) is 13.5 Å². The first kappa shape index (κ1) is 13.0. The number of benzene rings is 3. The van der Waals surface area contributed by atoms with E-state index in [1.54, 1.807) is 0 Å². The zero-order valence-corrected chi connectivity index (χ0v) is 12.7. The van der Waals surface area contributed by atoms with Gasteiger partial charge in [0.1, 0.15) is 7.05 Å². The number of nitrogens with zero attached hydrogens (tertiary/aromatic N) is 1. The predicted molar refractivity (Wildman–Crippen MR) is 91.9 cm³/mol. The highest BCUT2D eigenvalue weighted by atomic mass is 14.9. The molecule has 0 saturated heterocycles. The van der Waals surface area contributed by atoms with Gasteiger partial charge in [0, 0.05) is 12.1 Å². The fraction of sp³-hybridized carbons (Fsp3) is 0.0952. The quantitative estimate of drug-likeness (QED) is 0.379. The Kier molecular flexibility index (Phi) is 3.12. The van der Waals surface area contributed by atoms with Crippen molar-refractivity contribution in [3.8, 4) is 0 Å². The van der Waals surface area contributed by atoms with Gasteiger partial charge >= 0.3 is 0 Å². The summed E-state index contributed by atoms with van der Waals surface area (Å²) < 4.78 is 2.07. The molecular formula is C21H18N+. The van der Waals surface area contributed by atoms with Gasteiger partial charge in [0.25, 0.3) is 0 Å². The Morgan fingerprint density at radius 3 is 1.86 bits per heavy atom. The third-order valence-corrected chi connectivity index (χ3v) is 4.31. The summed E-state index contributed by atoms with van der Waals surface area (Å²) in [4.78, 5) is 0. The number of fused-ring (bicyclic) bond motifs is 2. The van der Waals surface area contributed by atoms with Crippen LogP contribution in [0.3, 0.4) is 0 Å². The molecular weight excluding hydrogens is 266 g/mol. The number of aryl methyl sites for hydroxylation is 1. The van der Waals surface area contributed by atoms with Gasteiger partial charge in [0.2, 0.25) is 0 Å². The maximum Gasteiger partial charge on any atom is 0.168 e. The van der Waals surface area contributed by atoms with Crippen molar-refractivity contribution in [2.75, 3.05) is 0 Å². The van der Waals surface area contributed by atoms with Gasteiger partial charge in [-0.05, 0) is 45.2 Å². The van der Waals surface area contributed by atoms with Crippen molar-refractivity contribution in [3.63, 3.8) is 0 Å². The van der Waals surface area contributed by atoms with E-state index in [9.17, 15) is 0 Å². The third-order valence-electron chi connectivity index (χ3n) is 4.31. The minimum atomic E-state index is 0.961. The van der Waals surface area contributed by atoms with Crippen LogP contribution in [0.15, 0.2) is 79.1 Å². The summed E-state index contributed by atoms with van der Waals surface area (Å²) in [6, 6.07) is 24.1. The van der Waals surface area contributed by atoms with Gasteiger partial charge in [0.15, 0.2) is 12.4 Å². The Morgan fingerprint density at radius 1 is 0.727 bits per heavy atom. The summed E-state index contributed by atoms with van der Waals surface area (Å²) in [7, 11) is 2.05. The van der Waals surface area contributed by atoms with Crippen LogP contribution < -0.4 is 4.57 Å². The molecule has 0 radical (unpaired) electrons. The third kappa shape index (κ3) is 2.25. The first-order valence-electron chi connectivity index (χ1n) is 7.65. The van der Waals surface area contributed by atoms with Gasteiger partial charge in [-0.1, -0.05) is 48.5 Å². The molecule has 1 aromatic heterocycles. The van der Waals surface area contributed by atoms with Crippen LogP contribution in [0.5, 0.6) is 0 Å². The second kappa shape index (κ2) is 5.27. The van der Waals surface area contributed by atoms with Crippen molar-refractivity contribution in [2.24, 2.45) is 7.05 Å². The molecule has 0 bridgehead atoms. The van der Waals surface area contributed by atoms with Gasteiger partial charge in [-0.2, -0.15) is 0 Å². The fourth-order valence-corrected chi connectivity index (χ4v) is 3.15. The zero-order valence-electron chi connectivity index (χ0n) is 12.7. The second-order valence-electron chi connectivity index (χ2n) is 5.85. The summed E-state index contributed by atoms with van der Waals surface area (Å²) in [6.45, 7) is 0. The topological polar surface area (TPSA) is 3.88 Å². The molecule has 106 valence electrons. The van der Waals surface area contributed by atoms with Crippen molar-refractivity contribution in [2.45, 2.75) is 6.42 Å². The smallest absolute Gasteiger partial charge is 0.168 e. The highest BCUT2D eigenvalue weighted by Gasteiger charge is 2.08. The molecule has 4 aromatic rings. The molecule has 0 amide bonds. The Bertz CT molecular complexity index is 898. The van der Waals surface area contributed by atoms with E-state index >= 15 is 0 Å².